The van der Waals surface area contributed by atoms with E-state index in [9.17, 15) is 4.39 Å². The minimum absolute atomic E-state index is 0.194. The van der Waals surface area contributed by atoms with E-state index in [1.54, 1.807) is 22.8 Å². The zero-order chi connectivity index (χ0) is 18.8. The first-order chi connectivity index (χ1) is 13.2. The van der Waals surface area contributed by atoms with Gasteiger partial charge in [-0.1, -0.05) is 12.1 Å². The van der Waals surface area contributed by atoms with Crippen molar-refractivity contribution in [1.29, 1.82) is 0 Å². The summed E-state index contributed by atoms with van der Waals surface area (Å²) in [6.45, 7) is 3.40. The molecule has 1 aliphatic heterocycles. The standard InChI is InChI=1S/C18H19FN6O2/c1-2-26-18-22-14-15(20)23-17-21-7-3-4-8-27-13-9-11(5-6-12(13)19)10-25(18)16(14)24-17/h3-6,9H,2,7-8,10H2,1H3,(H3,20,21,23,24)/b4-3-. The fourth-order valence-corrected chi connectivity index (χ4v) is 2.84. The number of nitrogen functional groups attached to an aromatic ring is 1. The zero-order valence-electron chi connectivity index (χ0n) is 14.8. The molecule has 0 aliphatic carbocycles. The number of aromatic nitrogens is 4. The third-order valence-corrected chi connectivity index (χ3v) is 4.08. The van der Waals surface area contributed by atoms with Gasteiger partial charge in [-0.15, -0.1) is 0 Å². The largest absolute Gasteiger partial charge is 0.486 e. The van der Waals surface area contributed by atoms with Gasteiger partial charge in [0.2, 0.25) is 5.95 Å². The lowest BCUT2D eigenvalue weighted by Gasteiger charge is -2.12. The van der Waals surface area contributed by atoms with Crippen LogP contribution in [0.25, 0.3) is 11.2 Å². The molecule has 4 rings (SSSR count). The number of rotatable bonds is 2. The number of hydrogen-bond donors (Lipinski definition) is 2. The molecule has 4 bridgehead atoms. The first kappa shape index (κ1) is 17.1. The maximum atomic E-state index is 14.0. The maximum absolute atomic E-state index is 14.0. The predicted molar refractivity (Wildman–Crippen MR) is 99.5 cm³/mol. The maximum Gasteiger partial charge on any atom is 0.299 e. The first-order valence-electron chi connectivity index (χ1n) is 8.62. The number of benzene rings is 1. The molecule has 0 amide bonds. The molecule has 140 valence electrons. The summed E-state index contributed by atoms with van der Waals surface area (Å²) in [5.74, 6) is 0.444. The third-order valence-electron chi connectivity index (χ3n) is 4.08. The number of fused-ring (bicyclic) bond motifs is 3. The number of imidazole rings is 1. The molecular formula is C18H19FN6O2. The number of nitrogens with two attached hydrogens (primary N) is 1. The fraction of sp³-hybridized carbons (Fsp3) is 0.278. The van der Waals surface area contributed by atoms with Crippen LogP contribution < -0.4 is 20.5 Å². The Labute approximate surface area is 154 Å². The minimum Gasteiger partial charge on any atom is -0.486 e. The molecule has 2 aromatic heterocycles. The van der Waals surface area contributed by atoms with Gasteiger partial charge in [-0.05, 0) is 30.7 Å². The molecule has 0 atom stereocenters. The molecule has 1 aromatic carbocycles. The van der Waals surface area contributed by atoms with Crippen molar-refractivity contribution in [3.63, 3.8) is 0 Å². The van der Waals surface area contributed by atoms with E-state index in [-0.39, 0.29) is 18.2 Å². The van der Waals surface area contributed by atoms with Gasteiger partial charge in [-0.2, -0.15) is 15.0 Å². The van der Waals surface area contributed by atoms with Gasteiger partial charge in [0.05, 0.1) is 13.2 Å². The minimum atomic E-state index is -0.410. The van der Waals surface area contributed by atoms with Crippen molar-refractivity contribution in [2.45, 2.75) is 13.5 Å². The van der Waals surface area contributed by atoms with Crippen molar-refractivity contribution >= 4 is 22.9 Å². The van der Waals surface area contributed by atoms with E-state index in [0.29, 0.717) is 42.8 Å². The lowest BCUT2D eigenvalue weighted by Crippen LogP contribution is -2.10. The van der Waals surface area contributed by atoms with E-state index >= 15 is 0 Å². The molecule has 0 unspecified atom stereocenters. The number of halogens is 1. The topological polar surface area (TPSA) is 100 Å². The normalized spacial score (nSPS) is 15.0. The Kier molecular flexibility index (Phi) is 4.49. The molecule has 0 saturated heterocycles. The Hall–Kier alpha value is -3.36. The summed E-state index contributed by atoms with van der Waals surface area (Å²) in [7, 11) is 0. The highest BCUT2D eigenvalue weighted by Gasteiger charge is 2.18. The SMILES string of the molecule is CCOc1nc2c(N)nc3nc2n1Cc1ccc(F)c(c1)OC/C=C\CN3. The molecule has 3 heterocycles. The fourth-order valence-electron chi connectivity index (χ4n) is 2.84. The van der Waals surface area contributed by atoms with Gasteiger partial charge in [0.25, 0.3) is 6.01 Å². The Balaban J connectivity index is 1.89. The van der Waals surface area contributed by atoms with E-state index in [0.717, 1.165) is 5.56 Å². The number of ether oxygens (including phenoxy) is 2. The Morgan fingerprint density at radius 2 is 2.19 bits per heavy atom. The molecule has 0 spiro atoms. The van der Waals surface area contributed by atoms with Gasteiger partial charge in [-0.3, -0.25) is 4.57 Å². The highest BCUT2D eigenvalue weighted by molar-refractivity contribution is 5.84. The van der Waals surface area contributed by atoms with Crippen molar-refractivity contribution in [2.75, 3.05) is 30.8 Å². The Bertz CT molecular complexity index is 1020. The van der Waals surface area contributed by atoms with E-state index in [1.165, 1.54) is 6.07 Å². The average molecular weight is 370 g/mol. The molecule has 8 nitrogen and oxygen atoms in total. The molecule has 0 fully saturated rings. The number of nitrogens with one attached hydrogen (secondary N) is 1. The Morgan fingerprint density at radius 3 is 3.04 bits per heavy atom. The van der Waals surface area contributed by atoms with E-state index in [2.05, 4.69) is 20.3 Å². The van der Waals surface area contributed by atoms with Crippen molar-refractivity contribution in [3.05, 3.63) is 41.7 Å². The lowest BCUT2D eigenvalue weighted by molar-refractivity contribution is 0.300. The van der Waals surface area contributed by atoms with Crippen molar-refractivity contribution in [3.8, 4) is 11.8 Å². The summed E-state index contributed by atoms with van der Waals surface area (Å²) in [5, 5.41) is 3.08. The van der Waals surface area contributed by atoms with Crippen molar-refractivity contribution < 1.29 is 13.9 Å². The predicted octanol–water partition coefficient (Wildman–Crippen LogP) is 2.36. The molecule has 0 radical (unpaired) electrons. The van der Waals surface area contributed by atoms with E-state index < -0.39 is 5.82 Å². The quantitative estimate of drug-likeness (QED) is 0.668. The van der Waals surface area contributed by atoms with Crippen LogP contribution in [0.4, 0.5) is 16.2 Å². The van der Waals surface area contributed by atoms with Crippen LogP contribution in [-0.4, -0.2) is 39.3 Å². The number of anilines is 2. The molecule has 9 heteroatoms. The highest BCUT2D eigenvalue weighted by Crippen LogP contribution is 2.27. The monoisotopic (exact) mass is 370 g/mol. The lowest BCUT2D eigenvalue weighted by atomic mass is 10.2. The van der Waals surface area contributed by atoms with Crippen LogP contribution >= 0.6 is 0 Å². The second kappa shape index (κ2) is 7.10. The summed E-state index contributed by atoms with van der Waals surface area (Å²) in [6.07, 6.45) is 3.64. The number of nitrogens with zero attached hydrogens (tertiary/aromatic N) is 4. The summed E-state index contributed by atoms with van der Waals surface area (Å²) < 4.78 is 27.0. The van der Waals surface area contributed by atoms with Crippen molar-refractivity contribution in [2.24, 2.45) is 0 Å². The van der Waals surface area contributed by atoms with Crippen LogP contribution in [0.5, 0.6) is 11.8 Å². The van der Waals surface area contributed by atoms with Gasteiger partial charge >= 0.3 is 0 Å². The average Bonchev–Trinajstić information content (AvgIpc) is 2.98. The third kappa shape index (κ3) is 3.35. The summed E-state index contributed by atoms with van der Waals surface area (Å²) in [4.78, 5) is 13.2. The summed E-state index contributed by atoms with van der Waals surface area (Å²) >= 11 is 0. The first-order valence-corrected chi connectivity index (χ1v) is 8.62. The molecule has 27 heavy (non-hydrogen) atoms. The van der Waals surface area contributed by atoms with Crippen LogP contribution in [0.2, 0.25) is 0 Å². The van der Waals surface area contributed by atoms with Crippen LogP contribution in [0.3, 0.4) is 0 Å². The van der Waals surface area contributed by atoms with Crippen LogP contribution in [0.15, 0.2) is 30.4 Å². The van der Waals surface area contributed by atoms with Crippen LogP contribution in [-0.2, 0) is 6.54 Å². The van der Waals surface area contributed by atoms with Crippen molar-refractivity contribution in [1.82, 2.24) is 19.5 Å². The zero-order valence-corrected chi connectivity index (χ0v) is 14.8. The van der Waals surface area contributed by atoms with Gasteiger partial charge in [0.15, 0.2) is 28.5 Å². The molecular weight excluding hydrogens is 351 g/mol. The second-order valence-electron chi connectivity index (χ2n) is 5.95. The highest BCUT2D eigenvalue weighted by atomic mass is 19.1. The summed E-state index contributed by atoms with van der Waals surface area (Å²) in [6, 6.07) is 5.12. The van der Waals surface area contributed by atoms with E-state index in [1.807, 2.05) is 13.0 Å². The molecule has 0 saturated carbocycles. The van der Waals surface area contributed by atoms with Gasteiger partial charge in [-0.25, -0.2) is 4.39 Å². The molecule has 3 N–H and O–H groups in total. The van der Waals surface area contributed by atoms with Crippen LogP contribution in [0.1, 0.15) is 12.5 Å². The molecule has 1 aliphatic rings. The van der Waals surface area contributed by atoms with Gasteiger partial charge in [0.1, 0.15) is 6.61 Å². The number of hydrogen-bond acceptors (Lipinski definition) is 7. The Morgan fingerprint density at radius 1 is 1.30 bits per heavy atom. The second-order valence-corrected chi connectivity index (χ2v) is 5.95. The van der Waals surface area contributed by atoms with Gasteiger partial charge < -0.3 is 20.5 Å². The van der Waals surface area contributed by atoms with E-state index in [4.69, 9.17) is 15.2 Å². The summed E-state index contributed by atoms with van der Waals surface area (Å²) in [5.41, 5.74) is 7.90. The smallest absolute Gasteiger partial charge is 0.299 e. The van der Waals surface area contributed by atoms with Crippen LogP contribution in [0, 0.1) is 5.82 Å². The van der Waals surface area contributed by atoms with Gasteiger partial charge in [0, 0.05) is 6.54 Å². The molecule has 3 aromatic rings.